The SMILES string of the molecule is [2H]c1c([2H])c(-c2c([2H])c([2H])c(C(F)(F)F)c(C)c2[2H])c([2H])c([2H])c1CN(C(=O)C([2H])([2H])n1c(SC([2H])([2H])c2ccc(F)cc2)nc(=O)c2c1C([2H])([2H])C([2H])([2H])C2([2H])[2H])C([2H])([2H])C([2H])([2H])N(CC)CC.[2H]c1c([2H])c(-c2c([2H])c([2H])c(C(F)(F)F)c(C)c2[2H])c([2H])c([2H])c1CN(C(=O)C([2H])([2H])n1c(SC([2H])([2H])c2ccc(F)cc2)nc(=O)c2c1CCC2)C([2H])([2H])C([2H])([2H])N(CC)CC. The molecule has 0 fully saturated rings. The maximum atomic E-state index is 15.2. The number of nitrogens with zero attached hydrogens (tertiary/aromatic N) is 8. The highest BCUT2D eigenvalue weighted by atomic mass is 32.2. The molecule has 0 spiro atoms. The van der Waals surface area contributed by atoms with Gasteiger partial charge in [0, 0.05) is 92.2 Å². The van der Waals surface area contributed by atoms with Crippen molar-refractivity contribution < 1.29 is 94.1 Å². The summed E-state index contributed by atoms with van der Waals surface area (Å²) in [6.45, 7) is -18.9. The number of rotatable bonds is 26. The van der Waals surface area contributed by atoms with Gasteiger partial charge in [-0.2, -0.15) is 36.3 Å². The normalized spacial score (nSPS) is 21.0. The molecule has 2 amide bonds. The summed E-state index contributed by atoms with van der Waals surface area (Å²) in [5.74, 6) is -5.80. The molecule has 0 unspecified atom stereocenters. The minimum Gasteiger partial charge on any atom is -0.336 e. The molecule has 6 aromatic carbocycles. The van der Waals surface area contributed by atoms with E-state index in [-0.39, 0.29) is 100 Å². The Bertz CT molecular complexity index is 5950. The lowest BCUT2D eigenvalue weighted by Crippen LogP contribution is -2.40. The van der Waals surface area contributed by atoms with Crippen molar-refractivity contribution in [3.8, 4) is 22.3 Å². The first-order valence-corrected chi connectivity index (χ1v) is 30.6. The molecule has 2 aliphatic carbocycles. The summed E-state index contributed by atoms with van der Waals surface area (Å²) < 4.78 is 429. The third-order valence-electron chi connectivity index (χ3n) is 13.9. The average molecular weight is 1400 g/mol. The number of fused-ring (bicyclic) bond motifs is 2. The lowest BCUT2D eigenvalue weighted by Gasteiger charge is -2.28. The second-order valence-electron chi connectivity index (χ2n) is 20.4. The fourth-order valence-corrected chi connectivity index (χ4v) is 10.3. The monoisotopic (exact) mass is 1400 g/mol. The number of carbonyl (C=O) groups is 2. The van der Waals surface area contributed by atoms with E-state index in [0.29, 0.717) is 4.57 Å². The van der Waals surface area contributed by atoms with E-state index in [4.69, 9.17) is 38.4 Å². The summed E-state index contributed by atoms with van der Waals surface area (Å²) in [5, 5.41) is -2.03. The van der Waals surface area contributed by atoms with Crippen LogP contribution in [0.4, 0.5) is 35.1 Å². The van der Waals surface area contributed by atoms with Crippen LogP contribution in [-0.2, 0) is 85.0 Å². The molecule has 0 radical (unpaired) electrons. The molecule has 0 bridgehead atoms. The zero-order chi connectivity index (χ0) is 101. The van der Waals surface area contributed by atoms with Crippen LogP contribution in [0.3, 0.4) is 0 Å². The van der Waals surface area contributed by atoms with Crippen molar-refractivity contribution in [1.29, 1.82) is 0 Å². The number of hydrogen-bond acceptors (Lipinski definition) is 10. The van der Waals surface area contributed by atoms with E-state index in [1.165, 1.54) is 27.7 Å². The molecule has 2 aliphatic rings. The number of aromatic nitrogens is 4. The lowest BCUT2D eigenvalue weighted by atomic mass is 9.98. The summed E-state index contributed by atoms with van der Waals surface area (Å²) >= 11 is -0.0677. The van der Waals surface area contributed by atoms with Crippen molar-refractivity contribution >= 4 is 35.3 Å². The van der Waals surface area contributed by atoms with E-state index >= 15 is 9.59 Å². The van der Waals surface area contributed by atoms with Crippen LogP contribution in [0.2, 0.25) is 0 Å². The fourth-order valence-electron chi connectivity index (χ4n) is 8.89. The minimum atomic E-state index is -5.25. The van der Waals surface area contributed by atoms with Gasteiger partial charge in [0.1, 0.15) is 24.6 Å². The van der Waals surface area contributed by atoms with Gasteiger partial charge in [0.15, 0.2) is 10.3 Å². The minimum absolute atomic E-state index is 0.00775. The first kappa shape index (κ1) is 38.3. The fraction of sp³-hybridized carbons (Fsp3) is 0.378. The van der Waals surface area contributed by atoms with Gasteiger partial charge in [0.25, 0.3) is 11.1 Å². The highest BCUT2D eigenvalue weighted by molar-refractivity contribution is 7.98. The Morgan fingerprint density at radius 2 is 0.927 bits per heavy atom. The first-order chi connectivity index (χ1) is 60.1. The van der Waals surface area contributed by atoms with Crippen LogP contribution in [0.5, 0.6) is 0 Å². The Morgan fingerprint density at radius 3 is 1.33 bits per heavy atom. The number of likely N-dealkylation sites (N-methyl/N-ethyl adjacent to an activating group) is 2. The zero-order valence-electron chi connectivity index (χ0n) is 87.5. The molecule has 12 nitrogen and oxygen atoms in total. The van der Waals surface area contributed by atoms with Crippen LogP contribution in [-0.4, -0.2) is 103 Å². The second-order valence-corrected chi connectivity index (χ2v) is 21.9. The van der Waals surface area contributed by atoms with Crippen LogP contribution < -0.4 is 11.1 Å². The Morgan fingerprint density at radius 1 is 0.531 bits per heavy atom. The Balaban J connectivity index is 0.000000298. The molecule has 0 saturated heterocycles. The van der Waals surface area contributed by atoms with Gasteiger partial charge >= 0.3 is 12.4 Å². The van der Waals surface area contributed by atoms with Gasteiger partial charge in [0.05, 0.1) is 41.3 Å². The van der Waals surface area contributed by atoms with Crippen LogP contribution in [0, 0.1) is 25.5 Å². The smallest absolute Gasteiger partial charge is 0.336 e. The van der Waals surface area contributed by atoms with Crippen molar-refractivity contribution in [2.24, 2.45) is 0 Å². The largest absolute Gasteiger partial charge is 0.416 e. The summed E-state index contributed by atoms with van der Waals surface area (Å²) in [6.07, 6.45) is -21.5. The van der Waals surface area contributed by atoms with Crippen LogP contribution in [0.1, 0.15) is 157 Å². The van der Waals surface area contributed by atoms with Gasteiger partial charge < -0.3 is 28.7 Å². The number of halogens is 8. The molecule has 2 heterocycles. The first-order valence-electron chi connectivity index (χ1n) is 47.0. The van der Waals surface area contributed by atoms with E-state index in [0.717, 1.165) is 72.2 Å². The van der Waals surface area contributed by atoms with E-state index in [1.807, 2.05) is 0 Å². The molecule has 0 N–H and O–H groups in total. The second kappa shape index (κ2) is 32.9. The molecule has 96 heavy (non-hydrogen) atoms. The Labute approximate surface area is 614 Å². The van der Waals surface area contributed by atoms with E-state index in [1.54, 1.807) is 0 Å². The van der Waals surface area contributed by atoms with Crippen molar-refractivity contribution in [2.75, 3.05) is 52.2 Å². The molecular formula is C74H80F8N8O4S2. The number of alkyl halides is 6. The zero-order valence-corrected chi connectivity index (χ0v) is 53.2. The Kier molecular flexibility index (Phi) is 13.1. The average Bonchev–Trinajstić information content (AvgIpc) is 1.55. The maximum Gasteiger partial charge on any atom is 0.416 e. The maximum absolute atomic E-state index is 15.2. The standard InChI is InChI=1S/2C37H40F4N4O2S/c2*1-4-43(5-2)19-20-44(22-26-9-13-28(14-10-26)29-15-18-32(25(3)21-29)37(39,40)41)34(46)23-45-33-8-6-7-31(33)35(47)42-36(45)48-24-27-11-16-30(38)17-12-27/h2*9-18,21H,4-8,19-20,22-24H2,1-3H3/i6D2,7D2,8D2,9D,10D,13D,14D,15D,18D,19D2,20D2,21D,23D2,24D2;9D,10D,13D,14D,15D,18D,19D2,20D2,21D,23D2,24D2. The van der Waals surface area contributed by atoms with Gasteiger partial charge in [0.2, 0.25) is 11.8 Å². The number of amides is 2. The van der Waals surface area contributed by atoms with E-state index in [9.17, 15) is 55.7 Å². The molecule has 0 saturated carbocycles. The highest BCUT2D eigenvalue weighted by Crippen LogP contribution is 2.37. The molecule has 508 valence electrons. The number of carbonyl (C=O) groups excluding carboxylic acids is 2. The molecule has 0 aliphatic heterocycles. The summed E-state index contributed by atoms with van der Waals surface area (Å²) in [6, 6.07) is -9.54. The van der Waals surface area contributed by atoms with E-state index < -0.39 is 297 Å². The number of hydrogen-bond donors (Lipinski definition) is 0. The van der Waals surface area contributed by atoms with Crippen molar-refractivity contribution in [2.45, 2.75) is 140 Å². The van der Waals surface area contributed by atoms with Gasteiger partial charge in [-0.1, -0.05) is 148 Å². The predicted molar refractivity (Wildman–Crippen MR) is 363 cm³/mol. The van der Waals surface area contributed by atoms with Crippen LogP contribution in [0.25, 0.3) is 22.3 Å². The summed E-state index contributed by atoms with van der Waals surface area (Å²) in [7, 11) is 0. The number of benzene rings is 6. The molecule has 2 aromatic heterocycles. The van der Waals surface area contributed by atoms with Gasteiger partial charge in [-0.3, -0.25) is 19.2 Å². The molecule has 8 aromatic rings. The van der Waals surface area contributed by atoms with Gasteiger partial charge in [-0.15, -0.1) is 0 Å². The summed E-state index contributed by atoms with van der Waals surface area (Å²) in [5.41, 5.74) is -22.7. The van der Waals surface area contributed by atoms with Crippen LogP contribution >= 0.6 is 23.5 Å². The van der Waals surface area contributed by atoms with Crippen LogP contribution in [0.15, 0.2) is 153 Å². The lowest BCUT2D eigenvalue weighted by molar-refractivity contribution is -0.138. The van der Waals surface area contributed by atoms with Crippen molar-refractivity contribution in [3.05, 3.63) is 232 Å². The van der Waals surface area contributed by atoms with Crippen molar-refractivity contribution in [1.82, 2.24) is 38.7 Å². The summed E-state index contributed by atoms with van der Waals surface area (Å²) in [4.78, 5) is 66.1. The van der Waals surface area contributed by atoms with E-state index in [2.05, 4.69) is 9.97 Å². The third kappa shape index (κ3) is 18.8. The number of thioether (sulfide) groups is 2. The predicted octanol–water partition coefficient (Wildman–Crippen LogP) is 15.1. The topological polar surface area (TPSA) is 117 Å². The Hall–Kier alpha value is -7.92. The molecule has 10 rings (SSSR count). The van der Waals surface area contributed by atoms with Crippen molar-refractivity contribution in [3.63, 3.8) is 0 Å². The molecule has 22 heteroatoms. The van der Waals surface area contributed by atoms with Gasteiger partial charge in [-0.05, 0) is 170 Å². The molecule has 0 atom stereocenters. The quantitative estimate of drug-likeness (QED) is 0.0295. The van der Waals surface area contributed by atoms with Gasteiger partial charge in [-0.25, -0.2) is 8.78 Å². The highest BCUT2D eigenvalue weighted by Gasteiger charge is 2.34. The molecular weight excluding hydrogens is 1280 g/mol. The third-order valence-corrected chi connectivity index (χ3v) is 15.5.